The van der Waals surface area contributed by atoms with E-state index >= 15 is 0 Å². The first kappa shape index (κ1) is 15.8. The van der Waals surface area contributed by atoms with Crippen molar-refractivity contribution >= 4 is 0 Å². The molecule has 1 aliphatic rings. The van der Waals surface area contributed by atoms with Crippen molar-refractivity contribution in [1.29, 1.82) is 0 Å². The average Bonchev–Trinajstić information content (AvgIpc) is 2.27. The zero-order chi connectivity index (χ0) is 13.8. The van der Waals surface area contributed by atoms with E-state index in [0.29, 0.717) is 18.8 Å². The van der Waals surface area contributed by atoms with Crippen LogP contribution in [0.3, 0.4) is 0 Å². The number of rotatable bonds is 5. The predicted octanol–water partition coefficient (Wildman–Crippen LogP) is 4.38. The quantitative estimate of drug-likeness (QED) is 0.778. The molecule has 0 aliphatic heterocycles. The summed E-state index contributed by atoms with van der Waals surface area (Å²) in [4.78, 5) is 0. The molecule has 0 aromatic rings. The van der Waals surface area contributed by atoms with Gasteiger partial charge >= 0.3 is 6.18 Å². The highest BCUT2D eigenvalue weighted by Gasteiger charge is 2.43. The Morgan fingerprint density at radius 3 is 2.39 bits per heavy atom. The molecule has 1 rings (SSSR count). The maximum Gasteiger partial charge on any atom is 0.391 e. The zero-order valence-electron chi connectivity index (χ0n) is 11.7. The van der Waals surface area contributed by atoms with E-state index in [1.54, 1.807) is 0 Å². The minimum Gasteiger partial charge on any atom is -0.314 e. The van der Waals surface area contributed by atoms with Crippen LogP contribution in [-0.4, -0.2) is 18.8 Å². The molecule has 108 valence electrons. The average molecular weight is 265 g/mol. The Kier molecular flexibility index (Phi) is 5.96. The van der Waals surface area contributed by atoms with Crippen LogP contribution in [0.25, 0.3) is 0 Å². The molecule has 3 atom stereocenters. The van der Waals surface area contributed by atoms with Crippen LogP contribution in [0.5, 0.6) is 0 Å². The van der Waals surface area contributed by atoms with Gasteiger partial charge in [0.15, 0.2) is 0 Å². The molecule has 0 amide bonds. The summed E-state index contributed by atoms with van der Waals surface area (Å²) in [6.45, 7) is 7.13. The molecule has 0 saturated heterocycles. The van der Waals surface area contributed by atoms with Gasteiger partial charge in [-0.25, -0.2) is 0 Å². The lowest BCUT2D eigenvalue weighted by atomic mass is 9.75. The molecular formula is C14H26F3N. The summed E-state index contributed by atoms with van der Waals surface area (Å²) in [5.41, 5.74) is 0. The third-order valence-corrected chi connectivity index (χ3v) is 3.94. The van der Waals surface area contributed by atoms with Crippen LogP contribution < -0.4 is 5.32 Å². The van der Waals surface area contributed by atoms with E-state index in [-0.39, 0.29) is 12.0 Å². The number of alkyl halides is 3. The van der Waals surface area contributed by atoms with Gasteiger partial charge < -0.3 is 5.32 Å². The highest BCUT2D eigenvalue weighted by molar-refractivity contribution is 4.85. The van der Waals surface area contributed by atoms with Crippen LogP contribution in [-0.2, 0) is 0 Å². The van der Waals surface area contributed by atoms with E-state index in [1.165, 1.54) is 0 Å². The van der Waals surface area contributed by atoms with Gasteiger partial charge in [0.05, 0.1) is 5.92 Å². The SMILES string of the molecule is CCNC(CC(C)C)C1CCCC(C(F)(F)F)C1. The van der Waals surface area contributed by atoms with Gasteiger partial charge in [-0.15, -0.1) is 0 Å². The predicted molar refractivity (Wildman–Crippen MR) is 68.4 cm³/mol. The molecule has 4 heteroatoms. The van der Waals surface area contributed by atoms with E-state index in [0.717, 1.165) is 25.8 Å². The van der Waals surface area contributed by atoms with Gasteiger partial charge in [-0.1, -0.05) is 27.2 Å². The molecule has 0 aromatic carbocycles. The Labute approximate surface area is 109 Å². The van der Waals surface area contributed by atoms with Gasteiger partial charge in [0.2, 0.25) is 0 Å². The largest absolute Gasteiger partial charge is 0.391 e. The van der Waals surface area contributed by atoms with Gasteiger partial charge in [-0.2, -0.15) is 13.2 Å². The molecule has 0 heterocycles. The van der Waals surface area contributed by atoms with Crippen molar-refractivity contribution in [3.05, 3.63) is 0 Å². The summed E-state index contributed by atoms with van der Waals surface area (Å²) in [6.07, 6.45) is -0.740. The number of hydrogen-bond donors (Lipinski definition) is 1. The first-order valence-electron chi connectivity index (χ1n) is 7.14. The monoisotopic (exact) mass is 265 g/mol. The molecule has 0 aromatic heterocycles. The number of halogens is 3. The van der Waals surface area contributed by atoms with E-state index in [4.69, 9.17) is 0 Å². The maximum absolute atomic E-state index is 12.8. The maximum atomic E-state index is 12.8. The second-order valence-corrected chi connectivity index (χ2v) is 5.96. The molecule has 1 N–H and O–H groups in total. The Morgan fingerprint density at radius 1 is 1.22 bits per heavy atom. The molecular weight excluding hydrogens is 239 g/mol. The molecule has 3 unspecified atom stereocenters. The summed E-state index contributed by atoms with van der Waals surface area (Å²) in [6, 6.07) is 0.250. The van der Waals surface area contributed by atoms with Gasteiger partial charge in [0.1, 0.15) is 0 Å². The minimum absolute atomic E-state index is 0.188. The van der Waals surface area contributed by atoms with Crippen LogP contribution in [0.1, 0.15) is 52.9 Å². The summed E-state index contributed by atoms with van der Waals surface area (Å²) in [5, 5.41) is 3.39. The molecule has 1 saturated carbocycles. The Balaban J connectivity index is 2.61. The summed E-state index contributed by atoms with van der Waals surface area (Å²) in [5.74, 6) is -0.363. The van der Waals surface area contributed by atoms with Crippen molar-refractivity contribution in [3.63, 3.8) is 0 Å². The first-order chi connectivity index (χ1) is 8.34. The van der Waals surface area contributed by atoms with Gasteiger partial charge in [-0.05, 0) is 44.1 Å². The van der Waals surface area contributed by atoms with Crippen LogP contribution in [0.2, 0.25) is 0 Å². The van der Waals surface area contributed by atoms with Crippen molar-refractivity contribution in [2.24, 2.45) is 17.8 Å². The standard InChI is InChI=1S/C14H26F3N/c1-4-18-13(8-10(2)3)11-6-5-7-12(9-11)14(15,16)17/h10-13,18H,4-9H2,1-3H3. The van der Waals surface area contributed by atoms with Gasteiger partial charge in [0.25, 0.3) is 0 Å². The van der Waals surface area contributed by atoms with Crippen LogP contribution >= 0.6 is 0 Å². The number of nitrogens with one attached hydrogen (secondary N) is 1. The van der Waals surface area contributed by atoms with Crippen LogP contribution in [0.4, 0.5) is 13.2 Å². The summed E-state index contributed by atoms with van der Waals surface area (Å²) >= 11 is 0. The third-order valence-electron chi connectivity index (χ3n) is 3.94. The fourth-order valence-corrected chi connectivity index (χ4v) is 3.10. The third kappa shape index (κ3) is 4.79. The van der Waals surface area contributed by atoms with Crippen molar-refractivity contribution in [3.8, 4) is 0 Å². The lowest BCUT2D eigenvalue weighted by molar-refractivity contribution is -0.186. The van der Waals surface area contributed by atoms with Gasteiger partial charge in [0, 0.05) is 6.04 Å². The van der Waals surface area contributed by atoms with E-state index < -0.39 is 12.1 Å². The molecule has 0 spiro atoms. The summed E-state index contributed by atoms with van der Waals surface area (Å²) in [7, 11) is 0. The lowest BCUT2D eigenvalue weighted by Crippen LogP contribution is -2.41. The Bertz CT molecular complexity index is 238. The second kappa shape index (κ2) is 6.78. The fourth-order valence-electron chi connectivity index (χ4n) is 3.10. The molecule has 1 aliphatic carbocycles. The first-order valence-corrected chi connectivity index (χ1v) is 7.14. The topological polar surface area (TPSA) is 12.0 Å². The fraction of sp³-hybridized carbons (Fsp3) is 1.00. The smallest absolute Gasteiger partial charge is 0.314 e. The van der Waals surface area contributed by atoms with E-state index in [9.17, 15) is 13.2 Å². The van der Waals surface area contributed by atoms with E-state index in [1.807, 2.05) is 6.92 Å². The van der Waals surface area contributed by atoms with Crippen molar-refractivity contribution in [1.82, 2.24) is 5.32 Å². The summed E-state index contributed by atoms with van der Waals surface area (Å²) < 4.78 is 38.4. The Morgan fingerprint density at radius 2 is 1.89 bits per heavy atom. The van der Waals surface area contributed by atoms with Gasteiger partial charge in [-0.3, -0.25) is 0 Å². The second-order valence-electron chi connectivity index (χ2n) is 5.96. The molecule has 0 radical (unpaired) electrons. The van der Waals surface area contributed by atoms with Crippen molar-refractivity contribution in [2.45, 2.75) is 65.1 Å². The molecule has 0 bridgehead atoms. The van der Waals surface area contributed by atoms with Crippen LogP contribution in [0.15, 0.2) is 0 Å². The van der Waals surface area contributed by atoms with Crippen molar-refractivity contribution < 1.29 is 13.2 Å². The van der Waals surface area contributed by atoms with Crippen molar-refractivity contribution in [2.75, 3.05) is 6.54 Å². The Hall–Kier alpha value is -0.250. The normalized spacial score (nSPS) is 27.5. The minimum atomic E-state index is -4.01. The zero-order valence-corrected chi connectivity index (χ0v) is 11.7. The highest BCUT2D eigenvalue weighted by Crippen LogP contribution is 2.41. The molecule has 18 heavy (non-hydrogen) atoms. The van der Waals surface area contributed by atoms with Crippen LogP contribution in [0, 0.1) is 17.8 Å². The highest BCUT2D eigenvalue weighted by atomic mass is 19.4. The number of hydrogen-bond acceptors (Lipinski definition) is 1. The molecule has 1 fully saturated rings. The molecule has 1 nitrogen and oxygen atoms in total. The van der Waals surface area contributed by atoms with E-state index in [2.05, 4.69) is 19.2 Å². The lowest BCUT2D eigenvalue weighted by Gasteiger charge is -2.36.